The van der Waals surface area contributed by atoms with Crippen molar-refractivity contribution in [1.82, 2.24) is 14.8 Å². The molecule has 3 aliphatic rings. The van der Waals surface area contributed by atoms with E-state index in [-0.39, 0.29) is 30.0 Å². The lowest BCUT2D eigenvalue weighted by atomic mass is 9.87. The topological polar surface area (TPSA) is 40.7 Å². The van der Waals surface area contributed by atoms with E-state index in [1.54, 1.807) is 0 Å². The third-order valence-corrected chi connectivity index (χ3v) is 7.72. The van der Waals surface area contributed by atoms with Gasteiger partial charge in [-0.3, -0.25) is 9.80 Å². The average Bonchev–Trinajstić information content (AvgIpc) is 3.09. The van der Waals surface area contributed by atoms with E-state index in [1.165, 1.54) is 26.0 Å². The number of alkyl halides is 1. The Kier molecular flexibility index (Phi) is 5.81. The van der Waals surface area contributed by atoms with Crippen LogP contribution in [-0.4, -0.2) is 71.5 Å². The molecular formula is C28H32F3N3O2. The van der Waals surface area contributed by atoms with Crippen LogP contribution in [0.25, 0.3) is 10.9 Å². The number of aromatic amines is 1. The van der Waals surface area contributed by atoms with E-state index in [0.29, 0.717) is 12.5 Å². The lowest BCUT2D eigenvalue weighted by Gasteiger charge is -2.46. The second kappa shape index (κ2) is 8.78. The van der Waals surface area contributed by atoms with Crippen LogP contribution in [0.15, 0.2) is 36.4 Å². The lowest BCUT2D eigenvalue weighted by Crippen LogP contribution is -2.62. The number of likely N-dealkylation sites (tertiary alicyclic amines) is 1. The fourth-order valence-corrected chi connectivity index (χ4v) is 5.86. The summed E-state index contributed by atoms with van der Waals surface area (Å²) >= 11 is 0. The molecule has 0 saturated carbocycles. The maximum atomic E-state index is 15.7. The summed E-state index contributed by atoms with van der Waals surface area (Å²) in [5.74, 6) is -1.18. The van der Waals surface area contributed by atoms with E-state index in [1.807, 2.05) is 36.1 Å². The largest absolute Gasteiger partial charge is 0.488 e. The monoisotopic (exact) mass is 499 g/mol. The van der Waals surface area contributed by atoms with Gasteiger partial charge in [-0.2, -0.15) is 0 Å². The highest BCUT2D eigenvalue weighted by Crippen LogP contribution is 2.44. The first-order valence-corrected chi connectivity index (χ1v) is 12.7. The Bertz CT molecular complexity index is 1250. The van der Waals surface area contributed by atoms with Crippen LogP contribution in [0.1, 0.15) is 43.6 Å². The Hall–Kier alpha value is -2.55. The van der Waals surface area contributed by atoms with Crippen LogP contribution in [0.3, 0.4) is 0 Å². The van der Waals surface area contributed by atoms with Crippen molar-refractivity contribution in [3.8, 4) is 5.75 Å². The number of rotatable bonds is 6. The number of para-hydroxylation sites is 1. The van der Waals surface area contributed by atoms with E-state index in [0.717, 1.165) is 48.5 Å². The Morgan fingerprint density at radius 1 is 1.11 bits per heavy atom. The van der Waals surface area contributed by atoms with E-state index in [2.05, 4.69) is 9.88 Å². The smallest absolute Gasteiger partial charge is 0.135 e. The number of nitrogens with zero attached hydrogens (tertiary/aromatic N) is 2. The third kappa shape index (κ3) is 4.19. The number of benzene rings is 2. The molecule has 6 rings (SSSR count). The highest BCUT2D eigenvalue weighted by Gasteiger charge is 2.41. The predicted molar refractivity (Wildman–Crippen MR) is 132 cm³/mol. The van der Waals surface area contributed by atoms with Crippen LogP contribution < -0.4 is 4.74 Å². The molecule has 0 amide bonds. The number of ether oxygens (including phenoxy) is 2. The molecule has 36 heavy (non-hydrogen) atoms. The van der Waals surface area contributed by atoms with Gasteiger partial charge < -0.3 is 14.5 Å². The van der Waals surface area contributed by atoms with Crippen LogP contribution in [-0.2, 0) is 11.2 Å². The maximum absolute atomic E-state index is 15.7. The number of hydrogen-bond donors (Lipinski definition) is 1. The summed E-state index contributed by atoms with van der Waals surface area (Å²) in [4.78, 5) is 7.54. The van der Waals surface area contributed by atoms with Gasteiger partial charge in [-0.1, -0.05) is 18.2 Å². The van der Waals surface area contributed by atoms with E-state index in [9.17, 15) is 4.39 Å². The Morgan fingerprint density at radius 2 is 1.81 bits per heavy atom. The van der Waals surface area contributed by atoms with Crippen molar-refractivity contribution in [2.45, 2.75) is 57.1 Å². The standard InChI is InChI=1S/C28H32F3N3O2/c1-16-8-21-20-6-4-5-7-24(20)32-26(21)27(34(16)15-28(2,3)31)25-22(29)9-18(10-23(25)30)36-19-11-33(12-19)17-13-35-14-17/h4-7,9-10,16-17,19,27,32H,8,11-15H2,1-3H3. The van der Waals surface area contributed by atoms with Gasteiger partial charge in [0.25, 0.3) is 0 Å². The molecule has 0 radical (unpaired) electrons. The first kappa shape index (κ1) is 23.8. The van der Waals surface area contributed by atoms with Crippen LogP contribution in [0.5, 0.6) is 5.75 Å². The lowest BCUT2D eigenvalue weighted by molar-refractivity contribution is -0.115. The molecule has 2 atom stereocenters. The number of halogens is 3. The van der Waals surface area contributed by atoms with Gasteiger partial charge >= 0.3 is 0 Å². The van der Waals surface area contributed by atoms with E-state index < -0.39 is 23.3 Å². The fraction of sp³-hybridized carbons (Fsp3) is 0.500. The first-order chi connectivity index (χ1) is 17.2. The van der Waals surface area contributed by atoms with Crippen molar-refractivity contribution < 1.29 is 22.6 Å². The molecule has 4 heterocycles. The van der Waals surface area contributed by atoms with Crippen molar-refractivity contribution in [2.24, 2.45) is 0 Å². The molecular weight excluding hydrogens is 467 g/mol. The summed E-state index contributed by atoms with van der Waals surface area (Å²) in [6, 6.07) is 9.94. The normalized spacial score (nSPS) is 23.9. The average molecular weight is 500 g/mol. The zero-order valence-electron chi connectivity index (χ0n) is 20.9. The molecule has 1 aromatic heterocycles. The van der Waals surface area contributed by atoms with Gasteiger partial charge in [0.05, 0.1) is 25.3 Å². The molecule has 192 valence electrons. The quantitative estimate of drug-likeness (QED) is 0.519. The van der Waals surface area contributed by atoms with Gasteiger partial charge in [-0.05, 0) is 38.8 Å². The fourth-order valence-electron chi connectivity index (χ4n) is 5.86. The first-order valence-electron chi connectivity index (χ1n) is 12.7. The van der Waals surface area contributed by atoms with Gasteiger partial charge in [0.2, 0.25) is 0 Å². The number of nitrogens with one attached hydrogen (secondary N) is 1. The van der Waals surface area contributed by atoms with Crippen molar-refractivity contribution in [2.75, 3.05) is 32.8 Å². The van der Waals surface area contributed by atoms with Crippen LogP contribution in [0.2, 0.25) is 0 Å². The molecule has 8 heteroatoms. The van der Waals surface area contributed by atoms with Gasteiger partial charge in [-0.15, -0.1) is 0 Å². The van der Waals surface area contributed by atoms with Crippen LogP contribution in [0.4, 0.5) is 13.2 Å². The van der Waals surface area contributed by atoms with Crippen molar-refractivity contribution in [3.05, 3.63) is 64.9 Å². The van der Waals surface area contributed by atoms with Crippen molar-refractivity contribution >= 4 is 10.9 Å². The number of H-pyrrole nitrogens is 1. The zero-order valence-corrected chi connectivity index (χ0v) is 20.9. The Labute approximate surface area is 209 Å². The molecule has 5 nitrogen and oxygen atoms in total. The SMILES string of the molecule is CC1Cc2c([nH]c3ccccc23)C(c2c(F)cc(OC3CN(C4COC4)C3)cc2F)N1CC(C)(C)F. The van der Waals surface area contributed by atoms with Gasteiger partial charge in [-0.25, -0.2) is 13.2 Å². The number of fused-ring (bicyclic) bond motifs is 3. The molecule has 2 fully saturated rings. The molecule has 2 aromatic carbocycles. The van der Waals surface area contributed by atoms with Crippen LogP contribution in [0, 0.1) is 11.6 Å². The third-order valence-electron chi connectivity index (χ3n) is 7.72. The minimum absolute atomic E-state index is 0.0492. The maximum Gasteiger partial charge on any atom is 0.135 e. The highest BCUT2D eigenvalue weighted by atomic mass is 19.1. The van der Waals surface area contributed by atoms with Crippen LogP contribution >= 0.6 is 0 Å². The summed E-state index contributed by atoms with van der Waals surface area (Å²) in [6.07, 6.45) is 0.565. The molecule has 0 bridgehead atoms. The van der Waals surface area contributed by atoms with E-state index >= 15 is 8.78 Å². The summed E-state index contributed by atoms with van der Waals surface area (Å²) in [5, 5.41) is 1.04. The Morgan fingerprint density at radius 3 is 2.44 bits per heavy atom. The summed E-state index contributed by atoms with van der Waals surface area (Å²) in [5.41, 5.74) is 1.06. The molecule has 2 saturated heterocycles. The molecule has 0 spiro atoms. The van der Waals surface area contributed by atoms with Crippen molar-refractivity contribution in [1.29, 1.82) is 0 Å². The molecule has 0 aliphatic carbocycles. The summed E-state index contributed by atoms with van der Waals surface area (Å²) in [7, 11) is 0. The van der Waals surface area contributed by atoms with Gasteiger partial charge in [0.15, 0.2) is 0 Å². The minimum Gasteiger partial charge on any atom is -0.488 e. The van der Waals surface area contributed by atoms with E-state index in [4.69, 9.17) is 9.47 Å². The zero-order chi connectivity index (χ0) is 25.2. The second-order valence-electron chi connectivity index (χ2n) is 11.1. The number of hydrogen-bond acceptors (Lipinski definition) is 4. The molecule has 2 unspecified atom stereocenters. The highest BCUT2D eigenvalue weighted by molar-refractivity contribution is 5.85. The predicted octanol–water partition coefficient (Wildman–Crippen LogP) is 4.99. The molecule has 1 N–H and O–H groups in total. The number of aromatic nitrogens is 1. The molecule has 3 aliphatic heterocycles. The minimum atomic E-state index is -1.53. The second-order valence-corrected chi connectivity index (χ2v) is 11.1. The van der Waals surface area contributed by atoms with Gasteiger partial charge in [0, 0.05) is 60.0 Å². The van der Waals surface area contributed by atoms with Gasteiger partial charge in [0.1, 0.15) is 29.2 Å². The summed E-state index contributed by atoms with van der Waals surface area (Å²) in [6.45, 7) is 7.93. The Balaban J connectivity index is 1.35. The van der Waals surface area contributed by atoms with Crippen molar-refractivity contribution in [3.63, 3.8) is 0 Å². The summed E-state index contributed by atoms with van der Waals surface area (Å²) < 4.78 is 57.5. The molecule has 3 aromatic rings.